The Kier molecular flexibility index (Phi) is 3.27. The van der Waals surface area contributed by atoms with Gasteiger partial charge >= 0.3 is 12.3 Å². The number of hydrogen-bond acceptors (Lipinski definition) is 2. The van der Waals surface area contributed by atoms with Crippen molar-refractivity contribution in [2.75, 3.05) is 7.05 Å². The zero-order valence-corrected chi connectivity index (χ0v) is 10.4. The molecule has 7 heteroatoms. The van der Waals surface area contributed by atoms with E-state index in [-0.39, 0.29) is 12.5 Å². The normalized spacial score (nSPS) is 19.4. The molecule has 1 amide bonds. The predicted molar refractivity (Wildman–Crippen MR) is 60.9 cm³/mol. The number of thiophene rings is 1. The third-order valence-corrected chi connectivity index (χ3v) is 4.39. The summed E-state index contributed by atoms with van der Waals surface area (Å²) in [5.74, 6) is 0. The molecule has 1 aromatic heterocycles. The standard InChI is InChI=1S/C11H12F3NO2S/c1-15(10(16)17)7-2-3-8-6(4-7)5-18-9(8)11(12,13)14/h5,7H,2-4H2,1H3,(H,16,17). The number of carboxylic acid groups (broad SMARTS) is 1. The lowest BCUT2D eigenvalue weighted by Crippen LogP contribution is -2.39. The van der Waals surface area contributed by atoms with Crippen molar-refractivity contribution >= 4 is 17.4 Å². The van der Waals surface area contributed by atoms with E-state index in [9.17, 15) is 18.0 Å². The van der Waals surface area contributed by atoms with Gasteiger partial charge in [-0.1, -0.05) is 0 Å². The quantitative estimate of drug-likeness (QED) is 0.857. The number of amides is 1. The highest BCUT2D eigenvalue weighted by molar-refractivity contribution is 7.10. The minimum absolute atomic E-state index is 0.231. The smallest absolute Gasteiger partial charge is 0.425 e. The van der Waals surface area contributed by atoms with E-state index < -0.39 is 17.1 Å². The van der Waals surface area contributed by atoms with E-state index in [0.29, 0.717) is 35.3 Å². The Bertz CT molecular complexity index is 469. The number of rotatable bonds is 1. The topological polar surface area (TPSA) is 40.5 Å². The van der Waals surface area contributed by atoms with E-state index in [1.165, 1.54) is 17.3 Å². The highest BCUT2D eigenvalue weighted by Gasteiger charge is 2.38. The molecule has 1 atom stereocenters. The van der Waals surface area contributed by atoms with E-state index in [1.54, 1.807) is 0 Å². The van der Waals surface area contributed by atoms with Crippen LogP contribution in [0.3, 0.4) is 0 Å². The van der Waals surface area contributed by atoms with Gasteiger partial charge in [-0.05, 0) is 35.8 Å². The Labute approximate surface area is 106 Å². The molecule has 1 aromatic rings. The van der Waals surface area contributed by atoms with Crippen LogP contribution in [0.4, 0.5) is 18.0 Å². The van der Waals surface area contributed by atoms with E-state index in [2.05, 4.69) is 0 Å². The van der Waals surface area contributed by atoms with Crippen LogP contribution in [-0.4, -0.2) is 29.2 Å². The van der Waals surface area contributed by atoms with Crippen molar-refractivity contribution in [1.29, 1.82) is 0 Å². The van der Waals surface area contributed by atoms with Crippen molar-refractivity contribution in [3.05, 3.63) is 21.4 Å². The minimum atomic E-state index is -4.30. The van der Waals surface area contributed by atoms with Gasteiger partial charge in [0.05, 0.1) is 0 Å². The van der Waals surface area contributed by atoms with Gasteiger partial charge < -0.3 is 10.0 Å². The van der Waals surface area contributed by atoms with Gasteiger partial charge in [-0.25, -0.2) is 4.79 Å². The second-order valence-electron chi connectivity index (χ2n) is 4.36. The molecule has 1 unspecified atom stereocenters. The molecule has 2 rings (SSSR count). The first-order valence-corrected chi connectivity index (χ1v) is 6.31. The Morgan fingerprint density at radius 3 is 2.78 bits per heavy atom. The van der Waals surface area contributed by atoms with Gasteiger partial charge in [0.25, 0.3) is 0 Å². The number of alkyl halides is 3. The highest BCUT2D eigenvalue weighted by atomic mass is 32.1. The molecule has 3 nitrogen and oxygen atoms in total. The maximum absolute atomic E-state index is 12.7. The lowest BCUT2D eigenvalue weighted by atomic mass is 9.89. The van der Waals surface area contributed by atoms with Crippen LogP contribution in [-0.2, 0) is 19.0 Å². The van der Waals surface area contributed by atoms with Crippen LogP contribution in [0.2, 0.25) is 0 Å². The number of likely N-dealkylation sites (N-methyl/N-ethyl adjacent to an activating group) is 1. The molecule has 0 fully saturated rings. The zero-order chi connectivity index (χ0) is 13.5. The molecule has 0 saturated heterocycles. The van der Waals surface area contributed by atoms with Crippen molar-refractivity contribution in [3.8, 4) is 0 Å². The molecule has 0 aliphatic heterocycles. The average Bonchev–Trinajstić information content (AvgIpc) is 2.69. The van der Waals surface area contributed by atoms with E-state index in [4.69, 9.17) is 5.11 Å². The molecule has 0 saturated carbocycles. The molecule has 1 heterocycles. The average molecular weight is 279 g/mol. The second-order valence-corrected chi connectivity index (χ2v) is 5.24. The SMILES string of the molecule is CN(C(=O)O)C1CCc2c(csc2C(F)(F)F)C1. The fraction of sp³-hybridized carbons (Fsp3) is 0.545. The van der Waals surface area contributed by atoms with Crippen LogP contribution < -0.4 is 0 Å². The number of fused-ring (bicyclic) bond motifs is 1. The molecule has 0 radical (unpaired) electrons. The molecule has 1 aliphatic carbocycles. The van der Waals surface area contributed by atoms with Crippen LogP contribution in [0.25, 0.3) is 0 Å². The highest BCUT2D eigenvalue weighted by Crippen LogP contribution is 2.41. The van der Waals surface area contributed by atoms with Crippen molar-refractivity contribution in [2.24, 2.45) is 0 Å². The zero-order valence-electron chi connectivity index (χ0n) is 9.62. The monoisotopic (exact) mass is 279 g/mol. The second kappa shape index (κ2) is 4.46. The van der Waals surface area contributed by atoms with E-state index >= 15 is 0 Å². The number of halogens is 3. The van der Waals surface area contributed by atoms with Crippen LogP contribution in [0, 0.1) is 0 Å². The lowest BCUT2D eigenvalue weighted by molar-refractivity contribution is -0.135. The Hall–Kier alpha value is -1.24. The van der Waals surface area contributed by atoms with Gasteiger partial charge in [0.2, 0.25) is 0 Å². The molecule has 0 bridgehead atoms. The molecular weight excluding hydrogens is 267 g/mol. The molecule has 1 N–H and O–H groups in total. The van der Waals surface area contributed by atoms with Gasteiger partial charge in [0.1, 0.15) is 4.88 Å². The van der Waals surface area contributed by atoms with Crippen LogP contribution >= 0.6 is 11.3 Å². The number of carbonyl (C=O) groups is 1. The first-order chi connectivity index (χ1) is 8.30. The summed E-state index contributed by atoms with van der Waals surface area (Å²) in [6.07, 6.45) is -4.25. The molecule has 100 valence electrons. The maximum Gasteiger partial charge on any atom is 0.425 e. The van der Waals surface area contributed by atoms with Gasteiger partial charge in [0.15, 0.2) is 0 Å². The van der Waals surface area contributed by atoms with Crippen LogP contribution in [0.5, 0.6) is 0 Å². The van der Waals surface area contributed by atoms with Crippen LogP contribution in [0.1, 0.15) is 22.4 Å². The van der Waals surface area contributed by atoms with Crippen molar-refractivity contribution in [1.82, 2.24) is 4.90 Å². The predicted octanol–water partition coefficient (Wildman–Crippen LogP) is 3.23. The number of hydrogen-bond donors (Lipinski definition) is 1. The third kappa shape index (κ3) is 2.31. The summed E-state index contributed by atoms with van der Waals surface area (Å²) in [4.78, 5) is 11.5. The van der Waals surface area contributed by atoms with Gasteiger partial charge in [-0.3, -0.25) is 0 Å². The summed E-state index contributed by atoms with van der Waals surface area (Å²) in [7, 11) is 1.45. The fourth-order valence-electron chi connectivity index (χ4n) is 2.26. The summed E-state index contributed by atoms with van der Waals surface area (Å²) in [6.45, 7) is 0. The van der Waals surface area contributed by atoms with Gasteiger partial charge in [-0.15, -0.1) is 11.3 Å². The Morgan fingerprint density at radius 1 is 1.56 bits per heavy atom. The van der Waals surface area contributed by atoms with Crippen molar-refractivity contribution in [2.45, 2.75) is 31.5 Å². The molecule has 0 spiro atoms. The van der Waals surface area contributed by atoms with E-state index in [0.717, 1.165) is 0 Å². The summed E-state index contributed by atoms with van der Waals surface area (Å²) in [5, 5.41) is 10.4. The van der Waals surface area contributed by atoms with Crippen molar-refractivity contribution in [3.63, 3.8) is 0 Å². The van der Waals surface area contributed by atoms with Gasteiger partial charge in [-0.2, -0.15) is 13.2 Å². The molecule has 0 aromatic carbocycles. The van der Waals surface area contributed by atoms with Gasteiger partial charge in [0, 0.05) is 13.1 Å². The molecular formula is C11H12F3NO2S. The third-order valence-electron chi connectivity index (χ3n) is 3.27. The summed E-state index contributed by atoms with van der Waals surface area (Å²) >= 11 is 0.703. The number of nitrogens with zero attached hydrogens (tertiary/aromatic N) is 1. The summed E-state index contributed by atoms with van der Waals surface area (Å²) in [6, 6.07) is -0.231. The first kappa shape index (κ1) is 13.2. The fourth-order valence-corrected chi connectivity index (χ4v) is 3.26. The van der Waals surface area contributed by atoms with E-state index in [1.807, 2.05) is 0 Å². The summed E-state index contributed by atoms with van der Waals surface area (Å²) < 4.78 is 38.1. The Balaban J connectivity index is 2.22. The molecule has 18 heavy (non-hydrogen) atoms. The first-order valence-electron chi connectivity index (χ1n) is 5.43. The molecule has 1 aliphatic rings. The Morgan fingerprint density at radius 2 is 2.22 bits per heavy atom. The summed E-state index contributed by atoms with van der Waals surface area (Å²) in [5.41, 5.74) is 0.985. The van der Waals surface area contributed by atoms with Crippen LogP contribution in [0.15, 0.2) is 5.38 Å². The maximum atomic E-state index is 12.7. The van der Waals surface area contributed by atoms with Crippen molar-refractivity contribution < 1.29 is 23.1 Å². The largest absolute Gasteiger partial charge is 0.465 e. The lowest BCUT2D eigenvalue weighted by Gasteiger charge is -2.29. The minimum Gasteiger partial charge on any atom is -0.465 e.